The SMILES string of the molecule is CCCC(CCO)CNC(=O)c1cn2ccccc2n1. The number of carbonyl (C=O) groups is 1. The van der Waals surface area contributed by atoms with Gasteiger partial charge < -0.3 is 14.8 Å². The molecule has 0 fully saturated rings. The molecule has 1 amide bonds. The van der Waals surface area contributed by atoms with Crippen LogP contribution in [0, 0.1) is 5.92 Å². The lowest BCUT2D eigenvalue weighted by molar-refractivity contribution is 0.0938. The molecule has 2 heterocycles. The number of fused-ring (bicyclic) bond motifs is 1. The van der Waals surface area contributed by atoms with E-state index in [1.807, 2.05) is 28.8 Å². The fourth-order valence-corrected chi connectivity index (χ4v) is 2.31. The molecule has 5 heteroatoms. The Balaban J connectivity index is 1.97. The van der Waals surface area contributed by atoms with Crippen LogP contribution >= 0.6 is 0 Å². The maximum atomic E-state index is 12.1. The van der Waals surface area contributed by atoms with E-state index in [1.54, 1.807) is 6.20 Å². The van der Waals surface area contributed by atoms with Gasteiger partial charge in [0.2, 0.25) is 0 Å². The second-order valence-corrected chi connectivity index (χ2v) is 4.97. The molecule has 20 heavy (non-hydrogen) atoms. The van der Waals surface area contributed by atoms with E-state index < -0.39 is 0 Å². The average molecular weight is 275 g/mol. The topological polar surface area (TPSA) is 66.6 Å². The predicted octanol–water partition coefficient (Wildman–Crippen LogP) is 1.86. The zero-order chi connectivity index (χ0) is 14.4. The summed E-state index contributed by atoms with van der Waals surface area (Å²) in [6.07, 6.45) is 6.37. The molecular formula is C15H21N3O2. The summed E-state index contributed by atoms with van der Waals surface area (Å²) in [4.78, 5) is 16.4. The van der Waals surface area contributed by atoms with Crippen molar-refractivity contribution < 1.29 is 9.90 Å². The number of aliphatic hydroxyl groups excluding tert-OH is 1. The van der Waals surface area contributed by atoms with Gasteiger partial charge in [-0.05, 0) is 30.9 Å². The normalized spacial score (nSPS) is 12.5. The van der Waals surface area contributed by atoms with Crippen molar-refractivity contribution in [3.63, 3.8) is 0 Å². The summed E-state index contributed by atoms with van der Waals surface area (Å²) in [5.41, 5.74) is 1.19. The Bertz CT molecular complexity index is 526. The summed E-state index contributed by atoms with van der Waals surface area (Å²) in [5, 5.41) is 11.9. The quantitative estimate of drug-likeness (QED) is 0.810. The molecule has 0 saturated heterocycles. The standard InChI is InChI=1S/C15H21N3O2/c1-2-5-12(7-9-19)10-16-15(20)13-11-18-8-4-3-6-14(18)17-13/h3-4,6,8,11-12,19H,2,5,7,9-10H2,1H3,(H,16,20). The predicted molar refractivity (Wildman–Crippen MR) is 77.6 cm³/mol. The van der Waals surface area contributed by atoms with Crippen molar-refractivity contribution in [2.24, 2.45) is 5.92 Å². The zero-order valence-electron chi connectivity index (χ0n) is 11.7. The number of nitrogens with one attached hydrogen (secondary N) is 1. The summed E-state index contributed by atoms with van der Waals surface area (Å²) in [6, 6.07) is 5.65. The van der Waals surface area contributed by atoms with Crippen molar-refractivity contribution in [2.75, 3.05) is 13.2 Å². The van der Waals surface area contributed by atoms with Crippen molar-refractivity contribution in [1.82, 2.24) is 14.7 Å². The highest BCUT2D eigenvalue weighted by Crippen LogP contribution is 2.10. The summed E-state index contributed by atoms with van der Waals surface area (Å²) in [6.45, 7) is 2.85. The Morgan fingerprint density at radius 1 is 1.45 bits per heavy atom. The van der Waals surface area contributed by atoms with Gasteiger partial charge in [0.25, 0.3) is 5.91 Å². The minimum atomic E-state index is -0.159. The van der Waals surface area contributed by atoms with E-state index in [4.69, 9.17) is 5.11 Å². The third-order valence-corrected chi connectivity index (χ3v) is 3.38. The Kier molecular flexibility index (Phi) is 5.12. The number of carbonyl (C=O) groups excluding carboxylic acids is 1. The van der Waals surface area contributed by atoms with Crippen LogP contribution in [0.4, 0.5) is 0 Å². The van der Waals surface area contributed by atoms with Crippen molar-refractivity contribution in [3.05, 3.63) is 36.3 Å². The van der Waals surface area contributed by atoms with Crippen LogP contribution in [-0.2, 0) is 0 Å². The molecule has 0 aliphatic heterocycles. The van der Waals surface area contributed by atoms with Gasteiger partial charge in [-0.15, -0.1) is 0 Å². The first-order valence-electron chi connectivity index (χ1n) is 7.07. The summed E-state index contributed by atoms with van der Waals surface area (Å²) in [5.74, 6) is 0.165. The van der Waals surface area contributed by atoms with Crippen LogP contribution in [0.3, 0.4) is 0 Å². The van der Waals surface area contributed by atoms with Crippen LogP contribution in [0.1, 0.15) is 36.7 Å². The van der Waals surface area contributed by atoms with Gasteiger partial charge in [0.05, 0.1) is 0 Å². The summed E-state index contributed by atoms with van der Waals surface area (Å²) < 4.78 is 1.83. The van der Waals surface area contributed by atoms with E-state index in [1.165, 1.54) is 0 Å². The molecule has 2 rings (SSSR count). The third kappa shape index (κ3) is 3.57. The molecule has 0 saturated carbocycles. The van der Waals surface area contributed by atoms with E-state index >= 15 is 0 Å². The lowest BCUT2D eigenvalue weighted by Crippen LogP contribution is -2.30. The number of hydrogen-bond acceptors (Lipinski definition) is 3. The number of pyridine rings is 1. The highest BCUT2D eigenvalue weighted by atomic mass is 16.3. The van der Waals surface area contributed by atoms with Crippen LogP contribution in [0.25, 0.3) is 5.65 Å². The number of aromatic nitrogens is 2. The van der Waals surface area contributed by atoms with Crippen molar-refractivity contribution >= 4 is 11.6 Å². The van der Waals surface area contributed by atoms with Gasteiger partial charge in [-0.2, -0.15) is 0 Å². The minimum absolute atomic E-state index is 0.159. The fourth-order valence-electron chi connectivity index (χ4n) is 2.31. The first-order chi connectivity index (χ1) is 9.74. The lowest BCUT2D eigenvalue weighted by Gasteiger charge is -2.14. The van der Waals surface area contributed by atoms with E-state index in [2.05, 4.69) is 17.2 Å². The molecule has 0 bridgehead atoms. The highest BCUT2D eigenvalue weighted by molar-refractivity contribution is 5.92. The number of nitrogens with zero attached hydrogens (tertiary/aromatic N) is 2. The molecule has 5 nitrogen and oxygen atoms in total. The molecule has 0 spiro atoms. The van der Waals surface area contributed by atoms with Crippen molar-refractivity contribution in [1.29, 1.82) is 0 Å². The molecule has 0 radical (unpaired) electrons. The van der Waals surface area contributed by atoms with Gasteiger partial charge in [-0.25, -0.2) is 4.98 Å². The molecular weight excluding hydrogens is 254 g/mol. The highest BCUT2D eigenvalue weighted by Gasteiger charge is 2.13. The molecule has 2 aromatic heterocycles. The van der Waals surface area contributed by atoms with Crippen LogP contribution in [-0.4, -0.2) is 33.6 Å². The fraction of sp³-hybridized carbons (Fsp3) is 0.467. The Morgan fingerprint density at radius 2 is 2.30 bits per heavy atom. The lowest BCUT2D eigenvalue weighted by atomic mass is 10.0. The number of rotatable bonds is 7. The zero-order valence-corrected chi connectivity index (χ0v) is 11.7. The van der Waals surface area contributed by atoms with Crippen LogP contribution in [0.15, 0.2) is 30.6 Å². The number of imidazole rings is 1. The van der Waals surface area contributed by atoms with Gasteiger partial charge in [0.15, 0.2) is 0 Å². The molecule has 2 N–H and O–H groups in total. The maximum absolute atomic E-state index is 12.1. The second-order valence-electron chi connectivity index (χ2n) is 4.97. The van der Waals surface area contributed by atoms with Crippen LogP contribution < -0.4 is 5.32 Å². The largest absolute Gasteiger partial charge is 0.396 e. The molecule has 2 aromatic rings. The Hall–Kier alpha value is -1.88. The Morgan fingerprint density at radius 3 is 3.00 bits per heavy atom. The number of hydrogen-bond donors (Lipinski definition) is 2. The number of amides is 1. The van der Waals surface area contributed by atoms with Gasteiger partial charge in [-0.3, -0.25) is 4.79 Å². The second kappa shape index (κ2) is 7.05. The van der Waals surface area contributed by atoms with Crippen LogP contribution in [0.2, 0.25) is 0 Å². The van der Waals surface area contributed by atoms with E-state index in [0.29, 0.717) is 18.2 Å². The third-order valence-electron chi connectivity index (χ3n) is 3.38. The van der Waals surface area contributed by atoms with Crippen molar-refractivity contribution in [2.45, 2.75) is 26.2 Å². The average Bonchev–Trinajstić information content (AvgIpc) is 2.89. The van der Waals surface area contributed by atoms with Gasteiger partial charge in [-0.1, -0.05) is 19.4 Å². The van der Waals surface area contributed by atoms with E-state index in [-0.39, 0.29) is 12.5 Å². The first-order valence-corrected chi connectivity index (χ1v) is 7.07. The summed E-state index contributed by atoms with van der Waals surface area (Å²) >= 11 is 0. The minimum Gasteiger partial charge on any atom is -0.396 e. The van der Waals surface area contributed by atoms with Gasteiger partial charge >= 0.3 is 0 Å². The first kappa shape index (κ1) is 14.5. The molecule has 0 aliphatic rings. The molecule has 1 atom stereocenters. The molecule has 0 aromatic carbocycles. The van der Waals surface area contributed by atoms with E-state index in [0.717, 1.165) is 24.9 Å². The monoisotopic (exact) mass is 275 g/mol. The Labute approximate surface area is 118 Å². The van der Waals surface area contributed by atoms with Gasteiger partial charge in [0, 0.05) is 25.5 Å². The van der Waals surface area contributed by atoms with Crippen LogP contribution in [0.5, 0.6) is 0 Å². The van der Waals surface area contributed by atoms with Gasteiger partial charge in [0.1, 0.15) is 11.3 Å². The molecule has 1 unspecified atom stereocenters. The summed E-state index contributed by atoms with van der Waals surface area (Å²) in [7, 11) is 0. The van der Waals surface area contributed by atoms with Crippen molar-refractivity contribution in [3.8, 4) is 0 Å². The molecule has 108 valence electrons. The maximum Gasteiger partial charge on any atom is 0.271 e. The van der Waals surface area contributed by atoms with E-state index in [9.17, 15) is 4.79 Å². The number of aliphatic hydroxyl groups is 1. The smallest absolute Gasteiger partial charge is 0.271 e. The molecule has 0 aliphatic carbocycles.